The molecule has 11 heteroatoms. The standard InChI is InChI=1S/C23H25N7O4/c1-3-17(15-7-5-4-6-8-15)27-22(33)30-19(21(32)29(2)23-28-26-13-34-23)16(20(30)31)11-14-9-10-25-18(24)12-14/h4-10,12-13,16-17,19H,3,11H2,1-2H3,(H2,24,25)(H,27,33)/t16-,17?,19+/m1/s1. The van der Waals surface area contributed by atoms with Crippen LogP contribution in [0, 0.1) is 5.92 Å². The minimum absolute atomic E-state index is 0.0349. The van der Waals surface area contributed by atoms with Gasteiger partial charge in [-0.15, -0.1) is 5.10 Å². The average molecular weight is 463 g/mol. The molecular formula is C23H25N7O4. The highest BCUT2D eigenvalue weighted by Crippen LogP contribution is 2.33. The Balaban J connectivity index is 1.58. The maximum absolute atomic E-state index is 13.4. The van der Waals surface area contributed by atoms with E-state index in [1.807, 2.05) is 37.3 Å². The zero-order valence-electron chi connectivity index (χ0n) is 18.8. The molecule has 3 atom stereocenters. The van der Waals surface area contributed by atoms with Crippen LogP contribution >= 0.6 is 0 Å². The van der Waals surface area contributed by atoms with E-state index in [0.717, 1.165) is 27.3 Å². The number of likely N-dealkylation sites (N-methyl/N-ethyl adjacent to an activating group) is 1. The van der Waals surface area contributed by atoms with Gasteiger partial charge < -0.3 is 15.5 Å². The Morgan fingerprint density at radius 3 is 2.68 bits per heavy atom. The Morgan fingerprint density at radius 2 is 2.03 bits per heavy atom. The number of pyridine rings is 1. The van der Waals surface area contributed by atoms with E-state index in [1.165, 1.54) is 13.2 Å². The van der Waals surface area contributed by atoms with Crippen molar-refractivity contribution >= 4 is 29.7 Å². The number of amides is 4. The van der Waals surface area contributed by atoms with Gasteiger partial charge in [0.1, 0.15) is 11.9 Å². The molecule has 1 aromatic carbocycles. The van der Waals surface area contributed by atoms with Crippen LogP contribution in [0.4, 0.5) is 16.6 Å². The molecule has 1 saturated heterocycles. The van der Waals surface area contributed by atoms with Gasteiger partial charge in [-0.2, -0.15) is 0 Å². The monoisotopic (exact) mass is 463 g/mol. The molecule has 1 aliphatic heterocycles. The molecule has 11 nitrogen and oxygen atoms in total. The number of hydrogen-bond donors (Lipinski definition) is 2. The summed E-state index contributed by atoms with van der Waals surface area (Å²) >= 11 is 0. The number of nitrogen functional groups attached to an aromatic ring is 1. The molecule has 1 unspecified atom stereocenters. The molecule has 1 fully saturated rings. The van der Waals surface area contributed by atoms with Crippen molar-refractivity contribution in [1.29, 1.82) is 0 Å². The summed E-state index contributed by atoms with van der Waals surface area (Å²) in [6.07, 6.45) is 3.46. The summed E-state index contributed by atoms with van der Waals surface area (Å²) in [7, 11) is 1.45. The number of urea groups is 1. The van der Waals surface area contributed by atoms with E-state index in [4.69, 9.17) is 10.2 Å². The third kappa shape index (κ3) is 4.45. The first kappa shape index (κ1) is 22.9. The van der Waals surface area contributed by atoms with Crippen molar-refractivity contribution in [3.63, 3.8) is 0 Å². The first-order valence-electron chi connectivity index (χ1n) is 10.8. The Hall–Kier alpha value is -4.28. The number of likely N-dealkylation sites (tertiary alicyclic amines) is 1. The maximum Gasteiger partial charge on any atom is 0.325 e. The predicted octanol–water partition coefficient (Wildman–Crippen LogP) is 1.94. The van der Waals surface area contributed by atoms with Crippen LogP contribution in [0.25, 0.3) is 0 Å². The summed E-state index contributed by atoms with van der Waals surface area (Å²) in [5.74, 6) is -1.42. The predicted molar refractivity (Wildman–Crippen MR) is 122 cm³/mol. The van der Waals surface area contributed by atoms with Crippen LogP contribution in [-0.4, -0.2) is 51.0 Å². The lowest BCUT2D eigenvalue weighted by molar-refractivity contribution is -0.156. The lowest BCUT2D eigenvalue weighted by Crippen LogP contribution is -2.70. The van der Waals surface area contributed by atoms with Gasteiger partial charge in [-0.1, -0.05) is 42.4 Å². The van der Waals surface area contributed by atoms with Crippen molar-refractivity contribution in [2.75, 3.05) is 17.7 Å². The van der Waals surface area contributed by atoms with E-state index in [1.54, 1.807) is 12.1 Å². The summed E-state index contributed by atoms with van der Waals surface area (Å²) in [4.78, 5) is 45.7. The van der Waals surface area contributed by atoms with Crippen LogP contribution in [0.3, 0.4) is 0 Å². The zero-order chi connectivity index (χ0) is 24.2. The van der Waals surface area contributed by atoms with E-state index in [9.17, 15) is 14.4 Å². The third-order valence-electron chi connectivity index (χ3n) is 5.86. The molecule has 0 aliphatic carbocycles. The van der Waals surface area contributed by atoms with Gasteiger partial charge in [-0.25, -0.2) is 9.78 Å². The normalized spacial score (nSPS) is 18.2. The Labute approximate surface area is 196 Å². The lowest BCUT2D eigenvalue weighted by Gasteiger charge is -2.45. The highest BCUT2D eigenvalue weighted by Gasteiger charge is 2.55. The summed E-state index contributed by atoms with van der Waals surface area (Å²) in [5, 5.41) is 10.2. The Bertz CT molecular complexity index is 1170. The van der Waals surface area contributed by atoms with E-state index in [0.29, 0.717) is 12.2 Å². The average Bonchev–Trinajstić information content (AvgIpc) is 3.39. The minimum Gasteiger partial charge on any atom is -0.411 e. The third-order valence-corrected chi connectivity index (χ3v) is 5.86. The number of hydrogen-bond acceptors (Lipinski definition) is 8. The Kier molecular flexibility index (Phi) is 6.53. The van der Waals surface area contributed by atoms with Crippen LogP contribution in [0.5, 0.6) is 0 Å². The molecule has 3 aromatic rings. The highest BCUT2D eigenvalue weighted by atomic mass is 16.4. The van der Waals surface area contributed by atoms with Crippen LogP contribution in [0.1, 0.15) is 30.5 Å². The fourth-order valence-corrected chi connectivity index (χ4v) is 4.06. The van der Waals surface area contributed by atoms with Gasteiger partial charge in [0.25, 0.3) is 5.91 Å². The molecule has 0 bridgehead atoms. The van der Waals surface area contributed by atoms with Gasteiger partial charge in [0.05, 0.1) is 12.0 Å². The van der Waals surface area contributed by atoms with Crippen molar-refractivity contribution < 1.29 is 18.8 Å². The van der Waals surface area contributed by atoms with E-state index in [-0.39, 0.29) is 18.5 Å². The highest BCUT2D eigenvalue weighted by molar-refractivity contribution is 6.12. The molecule has 3 heterocycles. The number of nitrogens with zero attached hydrogens (tertiary/aromatic N) is 5. The number of anilines is 2. The molecule has 1 aliphatic rings. The van der Waals surface area contributed by atoms with E-state index < -0.39 is 29.8 Å². The Morgan fingerprint density at radius 1 is 1.26 bits per heavy atom. The van der Waals surface area contributed by atoms with E-state index >= 15 is 0 Å². The summed E-state index contributed by atoms with van der Waals surface area (Å²) in [5.41, 5.74) is 7.40. The van der Waals surface area contributed by atoms with Crippen molar-refractivity contribution in [2.24, 2.45) is 5.92 Å². The number of carbonyl (C=O) groups is 3. The van der Waals surface area contributed by atoms with Crippen LogP contribution in [-0.2, 0) is 16.0 Å². The van der Waals surface area contributed by atoms with Gasteiger partial charge in [0, 0.05) is 13.2 Å². The summed E-state index contributed by atoms with van der Waals surface area (Å²) in [6.45, 7) is 1.93. The molecule has 2 aromatic heterocycles. The molecule has 176 valence electrons. The largest absolute Gasteiger partial charge is 0.411 e. The van der Waals surface area contributed by atoms with Crippen LogP contribution < -0.4 is 16.0 Å². The number of imide groups is 1. The molecule has 0 spiro atoms. The molecule has 4 rings (SSSR count). The van der Waals surface area contributed by atoms with Crippen LogP contribution in [0.2, 0.25) is 0 Å². The van der Waals surface area contributed by atoms with Crippen molar-refractivity contribution in [1.82, 2.24) is 25.4 Å². The molecule has 4 amide bonds. The van der Waals surface area contributed by atoms with Gasteiger partial charge in [-0.3, -0.25) is 19.4 Å². The number of aromatic nitrogens is 3. The van der Waals surface area contributed by atoms with Gasteiger partial charge in [0.15, 0.2) is 0 Å². The first-order chi connectivity index (χ1) is 16.4. The fourth-order valence-electron chi connectivity index (χ4n) is 4.06. The number of β-lactam (4-membered cyclic amide) rings is 1. The topological polar surface area (TPSA) is 148 Å². The molecule has 0 radical (unpaired) electrons. The van der Waals surface area contributed by atoms with Gasteiger partial charge in [-0.05, 0) is 36.1 Å². The number of nitrogens with two attached hydrogens (primary N) is 1. The van der Waals surface area contributed by atoms with Gasteiger partial charge >= 0.3 is 12.0 Å². The van der Waals surface area contributed by atoms with Gasteiger partial charge in [0.2, 0.25) is 12.3 Å². The molecule has 0 saturated carbocycles. The number of benzene rings is 1. The van der Waals surface area contributed by atoms with Crippen molar-refractivity contribution in [2.45, 2.75) is 31.8 Å². The zero-order valence-corrected chi connectivity index (χ0v) is 18.8. The number of nitrogens with one attached hydrogen (secondary N) is 1. The quantitative estimate of drug-likeness (QED) is 0.505. The second-order valence-corrected chi connectivity index (χ2v) is 7.99. The first-order valence-corrected chi connectivity index (χ1v) is 10.8. The molecule has 3 N–H and O–H groups in total. The summed E-state index contributed by atoms with van der Waals surface area (Å²) in [6, 6.07) is 10.8. The number of rotatable bonds is 7. The maximum atomic E-state index is 13.4. The minimum atomic E-state index is -1.05. The van der Waals surface area contributed by atoms with Crippen molar-refractivity contribution in [3.05, 3.63) is 66.2 Å². The van der Waals surface area contributed by atoms with E-state index in [2.05, 4.69) is 20.5 Å². The second kappa shape index (κ2) is 9.69. The van der Waals surface area contributed by atoms with Crippen molar-refractivity contribution in [3.8, 4) is 0 Å². The second-order valence-electron chi connectivity index (χ2n) is 7.99. The fraction of sp³-hybridized carbons (Fsp3) is 0.304. The molecule has 34 heavy (non-hydrogen) atoms. The summed E-state index contributed by atoms with van der Waals surface area (Å²) < 4.78 is 5.12. The van der Waals surface area contributed by atoms with Crippen LogP contribution in [0.15, 0.2) is 59.5 Å². The SMILES string of the molecule is CCC(NC(=O)N1C(=O)[C@H](Cc2ccnc(N)c2)[C@H]1C(=O)N(C)c1nnco1)c1ccccc1. The molecular weight excluding hydrogens is 438 g/mol. The number of carbonyl (C=O) groups excluding carboxylic acids is 3. The lowest BCUT2D eigenvalue weighted by atomic mass is 9.81. The smallest absolute Gasteiger partial charge is 0.325 e.